The van der Waals surface area contributed by atoms with Gasteiger partial charge in [-0.3, -0.25) is 0 Å². The smallest absolute Gasteiger partial charge is 0.117 e. The Morgan fingerprint density at radius 1 is 0.931 bits per heavy atom. The van der Waals surface area contributed by atoms with Crippen molar-refractivity contribution >= 4 is 44.6 Å². The van der Waals surface area contributed by atoms with E-state index in [0.717, 1.165) is 23.5 Å². The van der Waals surface area contributed by atoms with Gasteiger partial charge in [-0.2, -0.15) is 0 Å². The molecule has 5 rings (SSSR count). The Kier molecular flexibility index (Phi) is 4.74. The van der Waals surface area contributed by atoms with Gasteiger partial charge < -0.3 is 4.57 Å². The Bertz CT molecular complexity index is 1290. The quantitative estimate of drug-likeness (QED) is 0.319. The van der Waals surface area contributed by atoms with Gasteiger partial charge in [0.15, 0.2) is 0 Å². The maximum absolute atomic E-state index is 4.69. The van der Waals surface area contributed by atoms with Crippen molar-refractivity contribution in [2.75, 3.05) is 0 Å². The summed E-state index contributed by atoms with van der Waals surface area (Å²) < 4.78 is 3.55. The van der Waals surface area contributed by atoms with E-state index in [0.29, 0.717) is 0 Å². The summed E-state index contributed by atoms with van der Waals surface area (Å²) in [5.41, 5.74) is 6.12. The fourth-order valence-electron chi connectivity index (χ4n) is 3.79. The molecule has 0 unspecified atom stereocenters. The zero-order valence-electron chi connectivity index (χ0n) is 16.1. The first-order valence-electron chi connectivity index (χ1n) is 9.79. The minimum absolute atomic E-state index is 0.798. The predicted octanol–water partition coefficient (Wildman–Crippen LogP) is 6.85. The van der Waals surface area contributed by atoms with Crippen LogP contribution in [-0.4, -0.2) is 9.55 Å². The maximum Gasteiger partial charge on any atom is 0.117 e. The van der Waals surface area contributed by atoms with Crippen molar-refractivity contribution in [1.29, 1.82) is 0 Å². The van der Waals surface area contributed by atoms with Gasteiger partial charge in [0.2, 0.25) is 0 Å². The van der Waals surface area contributed by atoms with Crippen LogP contribution in [0.25, 0.3) is 33.3 Å². The van der Waals surface area contributed by atoms with Crippen molar-refractivity contribution in [1.82, 2.24) is 9.55 Å². The summed E-state index contributed by atoms with van der Waals surface area (Å²) in [5, 5.41) is 2.31. The lowest BCUT2D eigenvalue weighted by molar-refractivity contribution is 0.832. The second-order valence-corrected chi connectivity index (χ2v) is 8.21. The van der Waals surface area contributed by atoms with E-state index < -0.39 is 0 Å². The molecule has 0 aliphatic heterocycles. The number of hydrogen-bond donors (Lipinski definition) is 0. The molecular formula is C26H21N2S. The highest BCUT2D eigenvalue weighted by molar-refractivity contribution is 7.19. The van der Waals surface area contributed by atoms with Gasteiger partial charge in [-0.25, -0.2) is 4.98 Å². The van der Waals surface area contributed by atoms with Crippen molar-refractivity contribution in [2.45, 2.75) is 13.0 Å². The summed E-state index contributed by atoms with van der Waals surface area (Å²) in [6, 6.07) is 25.6. The number of nitrogens with zero attached hydrogens (tertiary/aromatic N) is 2. The Morgan fingerprint density at radius 3 is 2.72 bits per heavy atom. The van der Waals surface area contributed by atoms with Crippen LogP contribution >= 0.6 is 11.3 Å². The minimum Gasteiger partial charge on any atom is -0.343 e. The standard InChI is InChI=1S/C26H21N2S/c1-2-21-9-6-10-22-15-16-28(26(21)22)18-20-8-5-7-19(17-20)13-14-25-27-23-11-3-4-12-24(23)29-25/h3-17H,1-2,18H2/b14-13+. The Morgan fingerprint density at radius 2 is 1.83 bits per heavy atom. The highest BCUT2D eigenvalue weighted by atomic mass is 32.1. The van der Waals surface area contributed by atoms with Crippen LogP contribution in [0.5, 0.6) is 0 Å². The summed E-state index contributed by atoms with van der Waals surface area (Å²) in [5.74, 6) is 0. The molecule has 5 aromatic rings. The van der Waals surface area contributed by atoms with Gasteiger partial charge in [-0.1, -0.05) is 54.6 Å². The number of fused-ring (bicyclic) bond motifs is 2. The van der Waals surface area contributed by atoms with Crippen LogP contribution in [0.15, 0.2) is 79.0 Å². The Balaban J connectivity index is 1.41. The van der Waals surface area contributed by atoms with Gasteiger partial charge >= 0.3 is 0 Å². The van der Waals surface area contributed by atoms with Crippen LogP contribution in [0.1, 0.15) is 21.7 Å². The Hall–Kier alpha value is -3.17. The highest BCUT2D eigenvalue weighted by Gasteiger charge is 2.06. The van der Waals surface area contributed by atoms with E-state index in [9.17, 15) is 0 Å². The number of rotatable bonds is 5. The van der Waals surface area contributed by atoms with Crippen molar-refractivity contribution in [3.05, 3.63) is 108 Å². The summed E-state index contributed by atoms with van der Waals surface area (Å²) in [4.78, 5) is 4.69. The largest absolute Gasteiger partial charge is 0.343 e. The van der Waals surface area contributed by atoms with Crippen LogP contribution in [0, 0.1) is 6.92 Å². The molecule has 3 heteroatoms. The number of hydrogen-bond acceptors (Lipinski definition) is 2. The van der Waals surface area contributed by atoms with Crippen molar-refractivity contribution in [3.63, 3.8) is 0 Å². The van der Waals surface area contributed by atoms with E-state index in [1.54, 1.807) is 11.3 Å². The molecular weight excluding hydrogens is 372 g/mol. The van der Waals surface area contributed by atoms with Gasteiger partial charge in [0.25, 0.3) is 0 Å². The van der Waals surface area contributed by atoms with E-state index >= 15 is 0 Å². The summed E-state index contributed by atoms with van der Waals surface area (Å²) in [7, 11) is 0. The van der Waals surface area contributed by atoms with Crippen LogP contribution in [0.4, 0.5) is 0 Å². The lowest BCUT2D eigenvalue weighted by Gasteiger charge is -2.09. The molecule has 0 spiro atoms. The summed E-state index contributed by atoms with van der Waals surface area (Å²) >= 11 is 1.72. The number of thiazole rings is 1. The first kappa shape index (κ1) is 17.9. The topological polar surface area (TPSA) is 17.8 Å². The molecule has 0 aliphatic rings. The molecule has 141 valence electrons. The molecule has 0 atom stereocenters. The monoisotopic (exact) mass is 393 g/mol. The lowest BCUT2D eigenvalue weighted by atomic mass is 10.1. The third-order valence-corrected chi connectivity index (χ3v) is 6.18. The highest BCUT2D eigenvalue weighted by Crippen LogP contribution is 2.24. The molecule has 0 bridgehead atoms. The van der Waals surface area contributed by atoms with Gasteiger partial charge in [0.1, 0.15) is 5.01 Å². The molecule has 0 amide bonds. The van der Waals surface area contributed by atoms with Gasteiger partial charge in [-0.15, -0.1) is 11.3 Å². The van der Waals surface area contributed by atoms with Crippen LogP contribution in [0.3, 0.4) is 0 Å². The second-order valence-electron chi connectivity index (χ2n) is 7.15. The summed E-state index contributed by atoms with van der Waals surface area (Å²) in [6.45, 7) is 4.94. The molecule has 1 radical (unpaired) electrons. The minimum atomic E-state index is 0.798. The zero-order valence-corrected chi connectivity index (χ0v) is 16.9. The average molecular weight is 394 g/mol. The molecule has 0 saturated heterocycles. The first-order chi connectivity index (χ1) is 14.3. The van der Waals surface area contributed by atoms with Crippen LogP contribution in [-0.2, 0) is 13.0 Å². The summed E-state index contributed by atoms with van der Waals surface area (Å²) in [6.07, 6.45) is 7.23. The maximum atomic E-state index is 4.69. The molecule has 2 aromatic heterocycles. The van der Waals surface area contributed by atoms with E-state index in [-0.39, 0.29) is 0 Å². The number of aromatic nitrogens is 2. The second kappa shape index (κ2) is 7.69. The average Bonchev–Trinajstić information content (AvgIpc) is 3.36. The van der Waals surface area contributed by atoms with Crippen LogP contribution in [0.2, 0.25) is 0 Å². The fourth-order valence-corrected chi connectivity index (χ4v) is 4.67. The molecule has 0 aliphatic carbocycles. The van der Waals surface area contributed by atoms with Crippen molar-refractivity contribution in [3.8, 4) is 0 Å². The molecule has 3 aromatic carbocycles. The first-order valence-corrected chi connectivity index (χ1v) is 10.6. The predicted molar refractivity (Wildman–Crippen MR) is 125 cm³/mol. The number of benzene rings is 3. The molecule has 0 saturated carbocycles. The van der Waals surface area contributed by atoms with Gasteiger partial charge in [0, 0.05) is 12.7 Å². The molecule has 2 heterocycles. The van der Waals surface area contributed by atoms with Crippen molar-refractivity contribution in [2.24, 2.45) is 0 Å². The third-order valence-electron chi connectivity index (χ3n) is 5.17. The van der Waals surface area contributed by atoms with Gasteiger partial charge in [0.05, 0.1) is 15.7 Å². The van der Waals surface area contributed by atoms with Gasteiger partial charge in [-0.05, 0) is 65.8 Å². The van der Waals surface area contributed by atoms with E-state index in [2.05, 4.69) is 102 Å². The fraction of sp³-hybridized carbons (Fsp3) is 0.0769. The molecule has 0 fully saturated rings. The van der Waals surface area contributed by atoms with E-state index in [1.807, 2.05) is 6.07 Å². The molecule has 29 heavy (non-hydrogen) atoms. The number of para-hydroxylation sites is 2. The zero-order chi connectivity index (χ0) is 19.6. The third kappa shape index (κ3) is 3.62. The normalized spacial score (nSPS) is 11.8. The molecule has 0 N–H and O–H groups in total. The lowest BCUT2D eigenvalue weighted by Crippen LogP contribution is -2.00. The van der Waals surface area contributed by atoms with Crippen molar-refractivity contribution < 1.29 is 0 Å². The van der Waals surface area contributed by atoms with Crippen LogP contribution < -0.4 is 0 Å². The SMILES string of the molecule is [CH2]Cc1cccc2ccn(Cc3cccc(/C=C/c4nc5ccccc5s4)c3)c12. The Labute approximate surface area is 174 Å². The van der Waals surface area contributed by atoms with E-state index in [1.165, 1.54) is 32.3 Å². The van der Waals surface area contributed by atoms with E-state index in [4.69, 9.17) is 0 Å². The molecule has 2 nitrogen and oxygen atoms in total.